The second kappa shape index (κ2) is 4.33. The number of nitrogens with one attached hydrogen (secondary N) is 1. The van der Waals surface area contributed by atoms with Crippen molar-refractivity contribution in [3.63, 3.8) is 0 Å². The molecule has 1 saturated carbocycles. The maximum Gasteiger partial charge on any atom is 0.317 e. The van der Waals surface area contributed by atoms with Crippen molar-refractivity contribution in [2.24, 2.45) is 0 Å². The van der Waals surface area contributed by atoms with E-state index in [1.807, 2.05) is 11.8 Å². The molecule has 1 rings (SSSR count). The fraction of sp³-hybridized carbons (Fsp3) is 0.889. The van der Waals surface area contributed by atoms with Crippen molar-refractivity contribution in [2.45, 2.75) is 39.2 Å². The lowest BCUT2D eigenvalue weighted by atomic mass is 10.4. The van der Waals surface area contributed by atoms with E-state index in [4.69, 9.17) is 0 Å². The molecule has 0 aromatic heterocycles. The number of urea groups is 1. The number of carbonyl (C=O) groups excluding carboxylic acids is 1. The third-order valence-electron chi connectivity index (χ3n) is 2.12. The molecule has 70 valence electrons. The summed E-state index contributed by atoms with van der Waals surface area (Å²) in [4.78, 5) is 13.4. The molecule has 2 amide bonds. The van der Waals surface area contributed by atoms with Gasteiger partial charge in [0.25, 0.3) is 0 Å². The first-order valence-electron chi connectivity index (χ1n) is 4.84. The van der Waals surface area contributed by atoms with Crippen molar-refractivity contribution in [2.75, 3.05) is 13.1 Å². The summed E-state index contributed by atoms with van der Waals surface area (Å²) in [6, 6.07) is 0.647. The predicted molar refractivity (Wildman–Crippen MR) is 49.1 cm³/mol. The van der Waals surface area contributed by atoms with Gasteiger partial charge in [-0.25, -0.2) is 4.79 Å². The first kappa shape index (κ1) is 9.36. The van der Waals surface area contributed by atoms with Gasteiger partial charge in [0.1, 0.15) is 0 Å². The predicted octanol–water partition coefficient (Wildman–Crippen LogP) is 1.59. The van der Waals surface area contributed by atoms with E-state index in [0.29, 0.717) is 6.04 Å². The van der Waals surface area contributed by atoms with Crippen LogP contribution in [0.15, 0.2) is 0 Å². The minimum absolute atomic E-state index is 0.113. The van der Waals surface area contributed by atoms with Gasteiger partial charge in [-0.15, -0.1) is 0 Å². The van der Waals surface area contributed by atoms with Gasteiger partial charge < -0.3 is 10.2 Å². The van der Waals surface area contributed by atoms with Crippen LogP contribution in [0.3, 0.4) is 0 Å². The molecule has 0 bridgehead atoms. The second-order valence-corrected chi connectivity index (χ2v) is 3.25. The molecule has 0 saturated heterocycles. The standard InChI is InChI=1S/C9H18N2O/c1-3-7-10-9(12)11(4-2)8-5-6-8/h8H,3-7H2,1-2H3,(H,10,12). The average Bonchev–Trinajstić information content (AvgIpc) is 2.86. The zero-order chi connectivity index (χ0) is 8.97. The Morgan fingerprint density at radius 1 is 1.50 bits per heavy atom. The van der Waals surface area contributed by atoms with Crippen LogP contribution in [0, 0.1) is 0 Å². The van der Waals surface area contributed by atoms with Crippen LogP contribution in [0.25, 0.3) is 0 Å². The molecule has 1 N–H and O–H groups in total. The molecule has 1 aliphatic rings. The lowest BCUT2D eigenvalue weighted by Crippen LogP contribution is -2.41. The quantitative estimate of drug-likeness (QED) is 0.682. The highest BCUT2D eigenvalue weighted by molar-refractivity contribution is 5.74. The van der Waals surface area contributed by atoms with Crippen LogP contribution in [0.5, 0.6) is 0 Å². The summed E-state index contributed by atoms with van der Waals surface area (Å²) in [7, 11) is 0. The van der Waals surface area contributed by atoms with Crippen molar-refractivity contribution in [3.8, 4) is 0 Å². The molecule has 3 nitrogen and oxygen atoms in total. The molecule has 1 aliphatic carbocycles. The minimum Gasteiger partial charge on any atom is -0.338 e. The summed E-state index contributed by atoms with van der Waals surface area (Å²) >= 11 is 0. The summed E-state index contributed by atoms with van der Waals surface area (Å²) in [5, 5.41) is 2.89. The molecule has 3 heteroatoms. The van der Waals surface area contributed by atoms with Gasteiger partial charge in [0.05, 0.1) is 0 Å². The minimum atomic E-state index is 0.113. The largest absolute Gasteiger partial charge is 0.338 e. The van der Waals surface area contributed by atoms with Gasteiger partial charge in [-0.05, 0) is 26.2 Å². The SMILES string of the molecule is CCCNC(=O)N(CC)C1CC1. The van der Waals surface area contributed by atoms with Crippen LogP contribution in [-0.4, -0.2) is 30.1 Å². The van der Waals surface area contributed by atoms with Crippen molar-refractivity contribution < 1.29 is 4.79 Å². The molecule has 0 unspecified atom stereocenters. The lowest BCUT2D eigenvalue weighted by Gasteiger charge is -2.20. The average molecular weight is 170 g/mol. The molecular weight excluding hydrogens is 152 g/mol. The van der Waals surface area contributed by atoms with Crippen molar-refractivity contribution in [1.29, 1.82) is 0 Å². The van der Waals surface area contributed by atoms with E-state index < -0.39 is 0 Å². The van der Waals surface area contributed by atoms with Crippen LogP contribution in [0.1, 0.15) is 33.1 Å². The van der Waals surface area contributed by atoms with Gasteiger partial charge in [0.15, 0.2) is 0 Å². The third kappa shape index (κ3) is 2.40. The van der Waals surface area contributed by atoms with E-state index in [-0.39, 0.29) is 6.03 Å². The number of hydrogen-bond donors (Lipinski definition) is 1. The highest BCUT2D eigenvalue weighted by Crippen LogP contribution is 2.26. The monoisotopic (exact) mass is 170 g/mol. The molecule has 0 radical (unpaired) electrons. The van der Waals surface area contributed by atoms with E-state index in [1.54, 1.807) is 0 Å². The molecule has 0 aliphatic heterocycles. The molecule has 0 aromatic rings. The Balaban J connectivity index is 2.26. The second-order valence-electron chi connectivity index (χ2n) is 3.25. The topological polar surface area (TPSA) is 32.3 Å². The van der Waals surface area contributed by atoms with Crippen molar-refractivity contribution in [1.82, 2.24) is 10.2 Å². The van der Waals surface area contributed by atoms with Crippen LogP contribution in [0.4, 0.5) is 4.79 Å². The van der Waals surface area contributed by atoms with E-state index in [0.717, 1.165) is 19.5 Å². The molecule has 0 atom stereocenters. The normalized spacial score (nSPS) is 15.8. The molecule has 0 aromatic carbocycles. The number of rotatable bonds is 4. The molecule has 1 fully saturated rings. The number of nitrogens with zero attached hydrogens (tertiary/aromatic N) is 1. The van der Waals surface area contributed by atoms with Gasteiger partial charge >= 0.3 is 6.03 Å². The third-order valence-corrected chi connectivity index (χ3v) is 2.12. The van der Waals surface area contributed by atoms with Crippen molar-refractivity contribution >= 4 is 6.03 Å². The molecule has 0 heterocycles. The summed E-state index contributed by atoms with van der Waals surface area (Å²) in [5.74, 6) is 0. The molecule has 0 spiro atoms. The summed E-state index contributed by atoms with van der Waals surface area (Å²) in [6.45, 7) is 5.72. The lowest BCUT2D eigenvalue weighted by molar-refractivity contribution is 0.198. The first-order chi connectivity index (χ1) is 5.79. The zero-order valence-corrected chi connectivity index (χ0v) is 7.97. The van der Waals surface area contributed by atoms with Crippen molar-refractivity contribution in [3.05, 3.63) is 0 Å². The fourth-order valence-electron chi connectivity index (χ4n) is 1.29. The Hall–Kier alpha value is -0.730. The Bertz CT molecular complexity index is 155. The summed E-state index contributed by atoms with van der Waals surface area (Å²) in [5.41, 5.74) is 0. The highest BCUT2D eigenvalue weighted by atomic mass is 16.2. The van der Waals surface area contributed by atoms with Crippen LogP contribution in [0.2, 0.25) is 0 Å². The van der Waals surface area contributed by atoms with Crippen LogP contribution >= 0.6 is 0 Å². The Morgan fingerprint density at radius 3 is 2.58 bits per heavy atom. The van der Waals surface area contributed by atoms with E-state index in [2.05, 4.69) is 12.2 Å². The number of hydrogen-bond acceptors (Lipinski definition) is 1. The number of carbonyl (C=O) groups is 1. The van der Waals surface area contributed by atoms with E-state index in [1.165, 1.54) is 12.8 Å². The maximum absolute atomic E-state index is 11.4. The zero-order valence-electron chi connectivity index (χ0n) is 7.97. The van der Waals surface area contributed by atoms with Gasteiger partial charge in [0, 0.05) is 19.1 Å². The first-order valence-corrected chi connectivity index (χ1v) is 4.84. The highest BCUT2D eigenvalue weighted by Gasteiger charge is 2.30. The molecular formula is C9H18N2O. The van der Waals surface area contributed by atoms with Crippen LogP contribution < -0.4 is 5.32 Å². The van der Waals surface area contributed by atoms with E-state index >= 15 is 0 Å². The van der Waals surface area contributed by atoms with Gasteiger partial charge in [-0.1, -0.05) is 6.92 Å². The van der Waals surface area contributed by atoms with E-state index in [9.17, 15) is 4.79 Å². The molecule has 12 heavy (non-hydrogen) atoms. The Labute approximate surface area is 74.1 Å². The van der Waals surface area contributed by atoms with Crippen LogP contribution in [-0.2, 0) is 0 Å². The maximum atomic E-state index is 11.4. The number of amides is 2. The Morgan fingerprint density at radius 2 is 2.17 bits per heavy atom. The summed E-state index contributed by atoms with van der Waals surface area (Å²) in [6.07, 6.45) is 3.38. The fourth-order valence-corrected chi connectivity index (χ4v) is 1.29. The van der Waals surface area contributed by atoms with Gasteiger partial charge in [0.2, 0.25) is 0 Å². The Kier molecular flexibility index (Phi) is 3.38. The van der Waals surface area contributed by atoms with Gasteiger partial charge in [-0.2, -0.15) is 0 Å². The summed E-state index contributed by atoms with van der Waals surface area (Å²) < 4.78 is 0. The van der Waals surface area contributed by atoms with Gasteiger partial charge in [-0.3, -0.25) is 0 Å². The smallest absolute Gasteiger partial charge is 0.317 e.